The average molecular weight is 268 g/mol. The predicted octanol–water partition coefficient (Wildman–Crippen LogP) is 4.05. The summed E-state index contributed by atoms with van der Waals surface area (Å²) in [7, 11) is 0. The molecule has 3 atom stereocenters. The molecule has 1 N–H and O–H groups in total. The van der Waals surface area contributed by atoms with E-state index in [1.807, 2.05) is 0 Å². The first-order valence-electron chi connectivity index (χ1n) is 8.59. The summed E-state index contributed by atoms with van der Waals surface area (Å²) in [6, 6.07) is 2.19. The summed E-state index contributed by atoms with van der Waals surface area (Å²) in [6.45, 7) is 14.2. The Morgan fingerprint density at radius 2 is 1.84 bits per heavy atom. The van der Waals surface area contributed by atoms with Crippen LogP contribution in [0.5, 0.6) is 0 Å². The molecule has 0 aromatic carbocycles. The summed E-state index contributed by atoms with van der Waals surface area (Å²) in [6.07, 6.45) is 8.10. The molecule has 2 heteroatoms. The van der Waals surface area contributed by atoms with Crippen molar-refractivity contribution in [3.05, 3.63) is 0 Å². The number of hydrogen-bond donors (Lipinski definition) is 1. The van der Waals surface area contributed by atoms with Gasteiger partial charge in [-0.3, -0.25) is 4.90 Å². The van der Waals surface area contributed by atoms with Gasteiger partial charge in [-0.1, -0.05) is 53.4 Å². The van der Waals surface area contributed by atoms with Gasteiger partial charge in [-0.05, 0) is 25.7 Å². The smallest absolute Gasteiger partial charge is 0.0247 e. The van der Waals surface area contributed by atoms with Crippen molar-refractivity contribution in [2.24, 2.45) is 5.92 Å². The lowest BCUT2D eigenvalue weighted by molar-refractivity contribution is 0.0558. The molecule has 0 radical (unpaired) electrons. The molecular formula is C17H36N2. The number of rotatable bonds is 8. The Kier molecular flexibility index (Phi) is 8.01. The SMILES string of the molecule is CCCCCC(C)N1CC(CCC)NCC1C(C)C. The number of hydrogen-bond acceptors (Lipinski definition) is 2. The molecule has 114 valence electrons. The van der Waals surface area contributed by atoms with Gasteiger partial charge in [-0.2, -0.15) is 0 Å². The van der Waals surface area contributed by atoms with E-state index in [2.05, 4.69) is 44.8 Å². The molecular weight excluding hydrogens is 232 g/mol. The fraction of sp³-hybridized carbons (Fsp3) is 1.00. The Hall–Kier alpha value is -0.0800. The number of nitrogens with zero attached hydrogens (tertiary/aromatic N) is 1. The van der Waals surface area contributed by atoms with Crippen molar-refractivity contribution in [3.8, 4) is 0 Å². The zero-order valence-electron chi connectivity index (χ0n) is 13.9. The molecule has 1 heterocycles. The third-order valence-corrected chi connectivity index (χ3v) is 4.67. The summed E-state index contributed by atoms with van der Waals surface area (Å²) in [5, 5.41) is 3.76. The molecule has 0 aromatic rings. The van der Waals surface area contributed by atoms with Gasteiger partial charge >= 0.3 is 0 Å². The first-order valence-corrected chi connectivity index (χ1v) is 8.59. The molecule has 1 aliphatic heterocycles. The van der Waals surface area contributed by atoms with E-state index >= 15 is 0 Å². The highest BCUT2D eigenvalue weighted by Crippen LogP contribution is 2.22. The van der Waals surface area contributed by atoms with Crippen LogP contribution in [0.25, 0.3) is 0 Å². The highest BCUT2D eigenvalue weighted by Gasteiger charge is 2.31. The molecule has 0 aromatic heterocycles. The van der Waals surface area contributed by atoms with Gasteiger partial charge in [0.15, 0.2) is 0 Å². The zero-order chi connectivity index (χ0) is 14.3. The molecule has 19 heavy (non-hydrogen) atoms. The Bertz CT molecular complexity index is 227. The van der Waals surface area contributed by atoms with E-state index in [-0.39, 0.29) is 0 Å². The van der Waals surface area contributed by atoms with Crippen LogP contribution >= 0.6 is 0 Å². The first kappa shape index (κ1) is 17.0. The van der Waals surface area contributed by atoms with Crippen LogP contribution in [0, 0.1) is 5.92 Å². The number of piperazine rings is 1. The van der Waals surface area contributed by atoms with Gasteiger partial charge in [-0.25, -0.2) is 0 Å². The van der Waals surface area contributed by atoms with Crippen molar-refractivity contribution in [3.63, 3.8) is 0 Å². The second kappa shape index (κ2) is 8.97. The Morgan fingerprint density at radius 1 is 1.11 bits per heavy atom. The molecule has 3 unspecified atom stereocenters. The topological polar surface area (TPSA) is 15.3 Å². The molecule has 0 aliphatic carbocycles. The second-order valence-electron chi connectivity index (χ2n) is 6.75. The Morgan fingerprint density at radius 3 is 2.42 bits per heavy atom. The lowest BCUT2D eigenvalue weighted by atomic mass is 9.94. The van der Waals surface area contributed by atoms with E-state index in [1.165, 1.54) is 51.6 Å². The van der Waals surface area contributed by atoms with Crippen molar-refractivity contribution in [2.45, 2.75) is 91.3 Å². The minimum absolute atomic E-state index is 0.716. The van der Waals surface area contributed by atoms with Gasteiger partial charge in [0.05, 0.1) is 0 Å². The third-order valence-electron chi connectivity index (χ3n) is 4.67. The standard InChI is InChI=1S/C17H36N2/c1-6-8-9-11-15(5)19-13-16(10-7-2)18-12-17(19)14(3)4/h14-18H,6-13H2,1-5H3. The monoisotopic (exact) mass is 268 g/mol. The quantitative estimate of drug-likeness (QED) is 0.668. The van der Waals surface area contributed by atoms with Gasteiger partial charge in [0.2, 0.25) is 0 Å². The minimum Gasteiger partial charge on any atom is -0.311 e. The van der Waals surface area contributed by atoms with Crippen molar-refractivity contribution in [1.82, 2.24) is 10.2 Å². The fourth-order valence-corrected chi connectivity index (χ4v) is 3.38. The van der Waals surface area contributed by atoms with Crippen molar-refractivity contribution < 1.29 is 0 Å². The molecule has 1 aliphatic rings. The van der Waals surface area contributed by atoms with Gasteiger partial charge in [0.1, 0.15) is 0 Å². The first-order chi connectivity index (χ1) is 9.10. The van der Waals surface area contributed by atoms with Crippen LogP contribution in [0.4, 0.5) is 0 Å². The summed E-state index contributed by atoms with van der Waals surface area (Å²) in [5.74, 6) is 0.753. The van der Waals surface area contributed by atoms with Crippen LogP contribution in [0.2, 0.25) is 0 Å². The summed E-state index contributed by atoms with van der Waals surface area (Å²) >= 11 is 0. The number of nitrogens with one attached hydrogen (secondary N) is 1. The molecule has 0 amide bonds. The lowest BCUT2D eigenvalue weighted by Gasteiger charge is -2.45. The van der Waals surface area contributed by atoms with E-state index in [4.69, 9.17) is 0 Å². The molecule has 1 fully saturated rings. The lowest BCUT2D eigenvalue weighted by Crippen LogP contribution is -2.60. The minimum atomic E-state index is 0.716. The van der Waals surface area contributed by atoms with Gasteiger partial charge in [-0.15, -0.1) is 0 Å². The molecule has 0 bridgehead atoms. The normalized spacial score (nSPS) is 26.8. The van der Waals surface area contributed by atoms with E-state index < -0.39 is 0 Å². The molecule has 0 saturated carbocycles. The van der Waals surface area contributed by atoms with Crippen LogP contribution < -0.4 is 5.32 Å². The molecule has 0 spiro atoms. The summed E-state index contributed by atoms with van der Waals surface area (Å²) in [5.41, 5.74) is 0. The molecule has 1 rings (SSSR count). The average Bonchev–Trinajstić information content (AvgIpc) is 2.39. The summed E-state index contributed by atoms with van der Waals surface area (Å²) in [4.78, 5) is 2.80. The molecule has 2 nitrogen and oxygen atoms in total. The van der Waals surface area contributed by atoms with E-state index in [0.717, 1.165) is 18.0 Å². The largest absolute Gasteiger partial charge is 0.311 e. The van der Waals surface area contributed by atoms with Crippen LogP contribution in [-0.2, 0) is 0 Å². The summed E-state index contributed by atoms with van der Waals surface area (Å²) < 4.78 is 0. The van der Waals surface area contributed by atoms with E-state index in [0.29, 0.717) is 6.04 Å². The maximum atomic E-state index is 3.76. The predicted molar refractivity (Wildman–Crippen MR) is 85.6 cm³/mol. The Labute approximate surface area is 121 Å². The van der Waals surface area contributed by atoms with Crippen LogP contribution in [0.3, 0.4) is 0 Å². The maximum Gasteiger partial charge on any atom is 0.0247 e. The van der Waals surface area contributed by atoms with Gasteiger partial charge in [0.25, 0.3) is 0 Å². The number of unbranched alkanes of at least 4 members (excludes halogenated alkanes) is 2. The second-order valence-corrected chi connectivity index (χ2v) is 6.75. The van der Waals surface area contributed by atoms with Crippen LogP contribution in [0.1, 0.15) is 73.1 Å². The van der Waals surface area contributed by atoms with Crippen molar-refractivity contribution in [1.29, 1.82) is 0 Å². The third kappa shape index (κ3) is 5.43. The van der Waals surface area contributed by atoms with E-state index in [1.54, 1.807) is 0 Å². The molecule has 1 saturated heterocycles. The Balaban J connectivity index is 2.54. The van der Waals surface area contributed by atoms with E-state index in [9.17, 15) is 0 Å². The highest BCUT2D eigenvalue weighted by atomic mass is 15.3. The zero-order valence-corrected chi connectivity index (χ0v) is 13.9. The van der Waals surface area contributed by atoms with Gasteiger partial charge in [0, 0.05) is 31.2 Å². The maximum absolute atomic E-state index is 3.76. The fourth-order valence-electron chi connectivity index (χ4n) is 3.38. The van der Waals surface area contributed by atoms with Crippen molar-refractivity contribution in [2.75, 3.05) is 13.1 Å². The van der Waals surface area contributed by atoms with Crippen LogP contribution in [0.15, 0.2) is 0 Å². The highest BCUT2D eigenvalue weighted by molar-refractivity contribution is 4.90. The van der Waals surface area contributed by atoms with Crippen molar-refractivity contribution >= 4 is 0 Å². The van der Waals surface area contributed by atoms with Crippen LogP contribution in [-0.4, -0.2) is 36.1 Å². The van der Waals surface area contributed by atoms with Gasteiger partial charge < -0.3 is 5.32 Å².